The van der Waals surface area contributed by atoms with Crippen LogP contribution in [0, 0.1) is 6.04 Å². The average molecular weight is 233 g/mol. The van der Waals surface area contributed by atoms with Crippen molar-refractivity contribution >= 4 is 0 Å². The number of hydrogen-bond donors (Lipinski definition) is 1. The van der Waals surface area contributed by atoms with Gasteiger partial charge in [-0.2, -0.15) is 13.8 Å². The van der Waals surface area contributed by atoms with Crippen molar-refractivity contribution in [1.82, 2.24) is 5.32 Å². The van der Waals surface area contributed by atoms with Gasteiger partial charge in [0.2, 0.25) is 0 Å². The van der Waals surface area contributed by atoms with Crippen LogP contribution in [0.25, 0.3) is 0 Å². The maximum atomic E-state index is 3.26. The Labute approximate surface area is 97.6 Å². The van der Waals surface area contributed by atoms with Gasteiger partial charge in [0.1, 0.15) is 0 Å². The third-order valence-electron chi connectivity index (χ3n) is 1.01. The minimum Gasteiger partial charge on any atom is -0.468 e. The van der Waals surface area contributed by atoms with Gasteiger partial charge >= 0.3 is 0 Å². The summed E-state index contributed by atoms with van der Waals surface area (Å²) >= 11 is 0. The molecule has 0 heterocycles. The topological polar surface area (TPSA) is 12.0 Å². The molecule has 0 aromatic carbocycles. The SMILES string of the molecule is CC.CCCCN[C-](C)C.[Y]. The van der Waals surface area contributed by atoms with Crippen LogP contribution in [0.3, 0.4) is 0 Å². The smallest absolute Gasteiger partial charge is 0 e. The summed E-state index contributed by atoms with van der Waals surface area (Å²) in [6.45, 7) is 11.5. The molecule has 0 fully saturated rings. The van der Waals surface area contributed by atoms with E-state index < -0.39 is 0 Å². The molecule has 11 heavy (non-hydrogen) atoms. The molecule has 0 atom stereocenters. The van der Waals surface area contributed by atoms with Crippen molar-refractivity contribution in [2.45, 2.75) is 47.5 Å². The molecule has 0 spiro atoms. The van der Waals surface area contributed by atoms with Gasteiger partial charge in [0, 0.05) is 32.7 Å². The Bertz CT molecular complexity index is 46.8. The fourth-order valence-electron chi connectivity index (χ4n) is 0.515. The van der Waals surface area contributed by atoms with Crippen LogP contribution in [-0.4, -0.2) is 6.54 Å². The van der Waals surface area contributed by atoms with E-state index in [-0.39, 0.29) is 32.7 Å². The molecule has 2 heteroatoms. The first-order valence-electron chi connectivity index (χ1n) is 4.31. The normalized spacial score (nSPS) is 8.18. The zero-order valence-corrected chi connectivity index (χ0v) is 11.5. The van der Waals surface area contributed by atoms with Crippen LogP contribution in [0.15, 0.2) is 0 Å². The summed E-state index contributed by atoms with van der Waals surface area (Å²) in [7, 11) is 0. The molecule has 0 unspecified atom stereocenters. The summed E-state index contributed by atoms with van der Waals surface area (Å²) in [6.07, 6.45) is 2.56. The van der Waals surface area contributed by atoms with Gasteiger partial charge in [-0.25, -0.2) is 0 Å². The Hall–Kier alpha value is 1.06. The summed E-state index contributed by atoms with van der Waals surface area (Å²) in [4.78, 5) is 0. The molecule has 0 aromatic heterocycles. The van der Waals surface area contributed by atoms with E-state index in [1.807, 2.05) is 13.8 Å². The molecular formula is C9H22NY-. The van der Waals surface area contributed by atoms with Crippen LogP contribution >= 0.6 is 0 Å². The predicted octanol–water partition coefficient (Wildman–Crippen LogP) is 2.97. The Kier molecular flexibility index (Phi) is 28.2. The van der Waals surface area contributed by atoms with Crippen molar-refractivity contribution in [1.29, 1.82) is 0 Å². The van der Waals surface area contributed by atoms with E-state index >= 15 is 0 Å². The summed E-state index contributed by atoms with van der Waals surface area (Å²) in [5.41, 5.74) is 0. The molecule has 0 saturated carbocycles. The molecule has 0 amide bonds. The van der Waals surface area contributed by atoms with E-state index in [2.05, 4.69) is 26.1 Å². The minimum absolute atomic E-state index is 0. The monoisotopic (exact) mass is 233 g/mol. The van der Waals surface area contributed by atoms with Gasteiger partial charge in [0.15, 0.2) is 0 Å². The molecule has 67 valence electrons. The third kappa shape index (κ3) is 24.7. The summed E-state index contributed by atoms with van der Waals surface area (Å²) in [6, 6.07) is 1.32. The first-order valence-corrected chi connectivity index (χ1v) is 4.31. The van der Waals surface area contributed by atoms with Crippen molar-refractivity contribution < 1.29 is 32.7 Å². The second-order valence-corrected chi connectivity index (χ2v) is 2.28. The number of unbranched alkanes of at least 4 members (excludes halogenated alkanes) is 1. The van der Waals surface area contributed by atoms with Gasteiger partial charge in [0.25, 0.3) is 0 Å². The third-order valence-corrected chi connectivity index (χ3v) is 1.01. The van der Waals surface area contributed by atoms with Gasteiger partial charge < -0.3 is 5.32 Å². The van der Waals surface area contributed by atoms with Crippen LogP contribution in [0.1, 0.15) is 47.5 Å². The fourth-order valence-corrected chi connectivity index (χ4v) is 0.515. The second-order valence-electron chi connectivity index (χ2n) is 2.28. The summed E-state index contributed by atoms with van der Waals surface area (Å²) in [5.74, 6) is 0. The Morgan fingerprint density at radius 3 is 1.91 bits per heavy atom. The van der Waals surface area contributed by atoms with Gasteiger partial charge in [-0.15, -0.1) is 0 Å². The molecule has 1 radical (unpaired) electrons. The average Bonchev–Trinajstić information content (AvgIpc) is 1.92. The molecule has 1 N–H and O–H groups in total. The Morgan fingerprint density at radius 1 is 1.18 bits per heavy atom. The van der Waals surface area contributed by atoms with Gasteiger partial charge in [-0.05, 0) is 13.0 Å². The minimum atomic E-state index is 0. The molecule has 0 bridgehead atoms. The Morgan fingerprint density at radius 2 is 1.64 bits per heavy atom. The van der Waals surface area contributed by atoms with Crippen LogP contribution in [0.2, 0.25) is 0 Å². The van der Waals surface area contributed by atoms with Crippen LogP contribution in [-0.2, 0) is 32.7 Å². The zero-order valence-electron chi connectivity index (χ0n) is 8.70. The molecule has 1 nitrogen and oxygen atoms in total. The number of nitrogens with one attached hydrogen (secondary N) is 1. The number of rotatable bonds is 4. The van der Waals surface area contributed by atoms with E-state index in [1.165, 1.54) is 18.9 Å². The van der Waals surface area contributed by atoms with Crippen molar-refractivity contribution in [3.05, 3.63) is 6.04 Å². The summed E-state index contributed by atoms with van der Waals surface area (Å²) < 4.78 is 0. The van der Waals surface area contributed by atoms with Gasteiger partial charge in [-0.1, -0.05) is 27.2 Å². The van der Waals surface area contributed by atoms with E-state index in [0.29, 0.717) is 0 Å². The molecule has 0 aliphatic heterocycles. The molecule has 0 saturated heterocycles. The largest absolute Gasteiger partial charge is 0.468 e. The molecule has 0 aromatic rings. The predicted molar refractivity (Wildman–Crippen MR) is 48.8 cm³/mol. The number of hydrogen-bond acceptors (Lipinski definition) is 1. The molecular weight excluding hydrogens is 211 g/mol. The van der Waals surface area contributed by atoms with Crippen molar-refractivity contribution in [3.63, 3.8) is 0 Å². The standard InChI is InChI=1S/C7H16N.C2H6.Y/c1-4-5-6-8-7(2)3;1-2;/h8H,4-6H2,1-3H3;1-2H3;/q-1;;. The van der Waals surface area contributed by atoms with Gasteiger partial charge in [-0.3, -0.25) is 6.04 Å². The first-order chi connectivity index (χ1) is 4.77. The Balaban J connectivity index is -0.000000196. The van der Waals surface area contributed by atoms with E-state index in [0.717, 1.165) is 6.54 Å². The van der Waals surface area contributed by atoms with Crippen LogP contribution in [0.4, 0.5) is 0 Å². The van der Waals surface area contributed by atoms with E-state index in [1.54, 1.807) is 0 Å². The van der Waals surface area contributed by atoms with Crippen LogP contribution in [0.5, 0.6) is 0 Å². The van der Waals surface area contributed by atoms with Crippen molar-refractivity contribution in [2.24, 2.45) is 0 Å². The van der Waals surface area contributed by atoms with Crippen LogP contribution < -0.4 is 5.32 Å². The first kappa shape index (κ1) is 18.0. The van der Waals surface area contributed by atoms with Crippen molar-refractivity contribution in [2.75, 3.05) is 6.54 Å². The maximum absolute atomic E-state index is 3.26. The molecule has 0 aliphatic rings. The summed E-state index contributed by atoms with van der Waals surface area (Å²) in [5, 5.41) is 3.26. The van der Waals surface area contributed by atoms with Gasteiger partial charge in [0.05, 0.1) is 0 Å². The molecule has 0 aliphatic carbocycles. The maximum Gasteiger partial charge on any atom is 0 e. The van der Waals surface area contributed by atoms with E-state index in [4.69, 9.17) is 0 Å². The van der Waals surface area contributed by atoms with Crippen molar-refractivity contribution in [3.8, 4) is 0 Å². The molecule has 0 rings (SSSR count). The van der Waals surface area contributed by atoms with E-state index in [9.17, 15) is 0 Å². The fraction of sp³-hybridized carbons (Fsp3) is 0.889. The second kappa shape index (κ2) is 17.2. The quantitative estimate of drug-likeness (QED) is 0.581. The zero-order chi connectivity index (χ0) is 8.41.